The van der Waals surface area contributed by atoms with Gasteiger partial charge in [0.15, 0.2) is 0 Å². The Morgan fingerprint density at radius 1 is 1.26 bits per heavy atom. The minimum absolute atomic E-state index is 0.0689. The van der Waals surface area contributed by atoms with E-state index >= 15 is 0 Å². The van der Waals surface area contributed by atoms with Gasteiger partial charge in [0.05, 0.1) is 18.4 Å². The number of carbonyl (C=O) groups excluding carboxylic acids is 2. The first-order chi connectivity index (χ1) is 11.2. The maximum atomic E-state index is 12.5. The molecule has 130 valence electrons. The van der Waals surface area contributed by atoms with Gasteiger partial charge in [-0.05, 0) is 12.5 Å². The minimum atomic E-state index is -0.0834. The molecule has 0 atom stereocenters. The second-order valence-corrected chi connectivity index (χ2v) is 5.46. The highest BCUT2D eigenvalue weighted by molar-refractivity contribution is 5.94. The molecule has 0 aliphatic carbocycles. The summed E-state index contributed by atoms with van der Waals surface area (Å²) in [6, 6.07) is 1.65. The van der Waals surface area contributed by atoms with Gasteiger partial charge in [0, 0.05) is 33.2 Å². The first-order valence-corrected chi connectivity index (χ1v) is 8.26. The average molecular weight is 324 g/mol. The van der Waals surface area contributed by atoms with Crippen molar-refractivity contribution in [1.29, 1.82) is 0 Å². The molecule has 0 aliphatic heterocycles. The zero-order valence-corrected chi connectivity index (χ0v) is 14.2. The molecular formula is C17H28N2O4. The Hall–Kier alpha value is -1.82. The number of nitrogens with zero attached hydrogens (tertiary/aromatic N) is 1. The molecule has 0 radical (unpaired) electrons. The third kappa shape index (κ3) is 7.83. The van der Waals surface area contributed by atoms with E-state index in [0.29, 0.717) is 38.2 Å². The summed E-state index contributed by atoms with van der Waals surface area (Å²) in [5.74, 6) is -0.152. The van der Waals surface area contributed by atoms with Gasteiger partial charge in [0.25, 0.3) is 5.91 Å². The van der Waals surface area contributed by atoms with Crippen molar-refractivity contribution < 1.29 is 18.7 Å². The van der Waals surface area contributed by atoms with Crippen molar-refractivity contribution in [3.8, 4) is 0 Å². The van der Waals surface area contributed by atoms with Gasteiger partial charge in [-0.3, -0.25) is 9.59 Å². The maximum absolute atomic E-state index is 12.5. The van der Waals surface area contributed by atoms with E-state index in [4.69, 9.17) is 9.15 Å². The monoisotopic (exact) mass is 324 g/mol. The molecule has 6 nitrogen and oxygen atoms in total. The number of rotatable bonds is 12. The largest absolute Gasteiger partial charge is 0.472 e. The zero-order chi connectivity index (χ0) is 16.9. The quantitative estimate of drug-likeness (QED) is 0.600. The summed E-state index contributed by atoms with van der Waals surface area (Å²) in [6.45, 7) is 4.20. The molecule has 0 spiro atoms. The van der Waals surface area contributed by atoms with E-state index in [2.05, 4.69) is 12.2 Å². The predicted octanol–water partition coefficient (Wildman–Crippen LogP) is 2.45. The smallest absolute Gasteiger partial charge is 0.257 e. The van der Waals surface area contributed by atoms with Gasteiger partial charge in [-0.1, -0.05) is 26.2 Å². The molecule has 1 aromatic rings. The molecule has 0 aromatic carbocycles. The van der Waals surface area contributed by atoms with E-state index in [9.17, 15) is 9.59 Å². The second kappa shape index (κ2) is 11.7. The van der Waals surface area contributed by atoms with Crippen molar-refractivity contribution in [3.05, 3.63) is 24.2 Å². The Kier molecular flexibility index (Phi) is 9.79. The van der Waals surface area contributed by atoms with Gasteiger partial charge in [-0.2, -0.15) is 0 Å². The number of hydrogen-bond acceptors (Lipinski definition) is 4. The molecule has 0 fully saturated rings. The van der Waals surface area contributed by atoms with Gasteiger partial charge >= 0.3 is 0 Å². The van der Waals surface area contributed by atoms with E-state index in [1.54, 1.807) is 18.1 Å². The van der Waals surface area contributed by atoms with Crippen molar-refractivity contribution in [1.82, 2.24) is 10.2 Å². The van der Waals surface area contributed by atoms with E-state index in [1.807, 2.05) is 0 Å². The molecule has 0 aliphatic rings. The molecular weight excluding hydrogens is 296 g/mol. The Morgan fingerprint density at radius 3 is 2.74 bits per heavy atom. The van der Waals surface area contributed by atoms with Crippen LogP contribution in [0.4, 0.5) is 0 Å². The number of amides is 2. The van der Waals surface area contributed by atoms with E-state index < -0.39 is 0 Å². The lowest BCUT2D eigenvalue weighted by Gasteiger charge is -2.22. The average Bonchev–Trinajstić information content (AvgIpc) is 3.08. The summed E-state index contributed by atoms with van der Waals surface area (Å²) >= 11 is 0. The van der Waals surface area contributed by atoms with Crippen LogP contribution in [0, 0.1) is 0 Å². The number of unbranched alkanes of at least 4 members (excludes halogenated alkanes) is 3. The predicted molar refractivity (Wildman–Crippen MR) is 88.3 cm³/mol. The summed E-state index contributed by atoms with van der Waals surface area (Å²) in [7, 11) is 1.59. The van der Waals surface area contributed by atoms with Crippen LogP contribution < -0.4 is 5.32 Å². The second-order valence-electron chi connectivity index (χ2n) is 5.46. The van der Waals surface area contributed by atoms with Crippen LogP contribution in [0.25, 0.3) is 0 Å². The van der Waals surface area contributed by atoms with Crippen LogP contribution in [0.5, 0.6) is 0 Å². The van der Waals surface area contributed by atoms with Crippen molar-refractivity contribution in [2.75, 3.05) is 33.4 Å². The fourth-order valence-electron chi connectivity index (χ4n) is 2.23. The van der Waals surface area contributed by atoms with Crippen molar-refractivity contribution in [2.24, 2.45) is 0 Å². The van der Waals surface area contributed by atoms with Crippen molar-refractivity contribution in [2.45, 2.75) is 39.0 Å². The SMILES string of the molecule is CCCCCCN(CCC(=O)NCCOC)C(=O)c1ccoc1. The summed E-state index contributed by atoms with van der Waals surface area (Å²) in [5, 5.41) is 2.77. The number of ether oxygens (including phenoxy) is 1. The lowest BCUT2D eigenvalue weighted by atomic mass is 10.2. The molecule has 6 heteroatoms. The maximum Gasteiger partial charge on any atom is 0.257 e. The number of carbonyl (C=O) groups is 2. The Bertz CT molecular complexity index is 445. The molecule has 0 saturated carbocycles. The Labute approximate surface area is 138 Å². The first-order valence-electron chi connectivity index (χ1n) is 8.26. The van der Waals surface area contributed by atoms with Crippen LogP contribution in [-0.2, 0) is 9.53 Å². The van der Waals surface area contributed by atoms with Gasteiger partial charge in [0.2, 0.25) is 5.91 Å². The molecule has 1 heterocycles. The summed E-state index contributed by atoms with van der Waals surface area (Å²) in [4.78, 5) is 26.0. The van der Waals surface area contributed by atoms with Crippen LogP contribution in [-0.4, -0.2) is 50.1 Å². The fraction of sp³-hybridized carbons (Fsp3) is 0.647. The highest BCUT2D eigenvalue weighted by Gasteiger charge is 2.17. The van der Waals surface area contributed by atoms with E-state index in [0.717, 1.165) is 25.7 Å². The molecule has 0 saturated heterocycles. The van der Waals surface area contributed by atoms with Gasteiger partial charge in [0.1, 0.15) is 6.26 Å². The zero-order valence-electron chi connectivity index (χ0n) is 14.2. The van der Waals surface area contributed by atoms with Crippen LogP contribution in [0.15, 0.2) is 23.0 Å². The van der Waals surface area contributed by atoms with Crippen LogP contribution in [0.1, 0.15) is 49.4 Å². The standard InChI is InChI=1S/C17H28N2O4/c1-3-4-5-6-10-19(17(21)15-8-12-23-14-15)11-7-16(20)18-9-13-22-2/h8,12,14H,3-7,9-11,13H2,1-2H3,(H,18,20). The molecule has 23 heavy (non-hydrogen) atoms. The topological polar surface area (TPSA) is 71.8 Å². The Morgan fingerprint density at radius 2 is 2.09 bits per heavy atom. The number of nitrogens with one attached hydrogen (secondary N) is 1. The van der Waals surface area contributed by atoms with Crippen LogP contribution in [0.3, 0.4) is 0 Å². The number of methoxy groups -OCH3 is 1. The highest BCUT2D eigenvalue weighted by Crippen LogP contribution is 2.09. The summed E-state index contributed by atoms with van der Waals surface area (Å²) in [6.07, 6.45) is 7.57. The molecule has 1 aromatic heterocycles. The van der Waals surface area contributed by atoms with Gasteiger partial charge < -0.3 is 19.4 Å². The normalized spacial score (nSPS) is 10.5. The lowest BCUT2D eigenvalue weighted by molar-refractivity contribution is -0.121. The van der Waals surface area contributed by atoms with Gasteiger partial charge in [-0.25, -0.2) is 0 Å². The van der Waals surface area contributed by atoms with E-state index in [-0.39, 0.29) is 11.8 Å². The summed E-state index contributed by atoms with van der Waals surface area (Å²) < 4.78 is 9.87. The molecule has 0 unspecified atom stereocenters. The third-order valence-electron chi connectivity index (χ3n) is 3.57. The van der Waals surface area contributed by atoms with Crippen molar-refractivity contribution >= 4 is 11.8 Å². The highest BCUT2D eigenvalue weighted by atomic mass is 16.5. The molecule has 2 amide bonds. The molecule has 0 bridgehead atoms. The van der Waals surface area contributed by atoms with Crippen LogP contribution >= 0.6 is 0 Å². The van der Waals surface area contributed by atoms with Crippen molar-refractivity contribution in [3.63, 3.8) is 0 Å². The minimum Gasteiger partial charge on any atom is -0.472 e. The van der Waals surface area contributed by atoms with Gasteiger partial charge in [-0.15, -0.1) is 0 Å². The molecule has 1 rings (SSSR count). The third-order valence-corrected chi connectivity index (χ3v) is 3.57. The lowest BCUT2D eigenvalue weighted by Crippen LogP contribution is -2.36. The fourth-order valence-corrected chi connectivity index (χ4v) is 2.23. The summed E-state index contributed by atoms with van der Waals surface area (Å²) in [5.41, 5.74) is 0.528. The first kappa shape index (κ1) is 19.2. The molecule has 1 N–H and O–H groups in total. The Balaban J connectivity index is 2.46. The van der Waals surface area contributed by atoms with Crippen LogP contribution in [0.2, 0.25) is 0 Å². The number of furan rings is 1. The van der Waals surface area contributed by atoms with E-state index in [1.165, 1.54) is 12.5 Å². The number of hydrogen-bond donors (Lipinski definition) is 1.